The number of fused-ring (bicyclic) bond motifs is 4. The molecule has 3 aromatic rings. The van der Waals surface area contributed by atoms with E-state index in [-0.39, 0.29) is 5.04 Å². The molecule has 0 nitrogen and oxygen atoms in total. The molecule has 0 spiro atoms. The minimum atomic E-state index is -1.95. The smallest absolute Gasteiger partial charge is 0.0758 e. The molecular formula is C30H34Si. The van der Waals surface area contributed by atoms with Gasteiger partial charge in [0.15, 0.2) is 0 Å². The molecule has 1 heteroatoms. The first-order chi connectivity index (χ1) is 15.1. The SMILES string of the molecule is CCCC(CC)C1([Si](C)(C)C2c3ccccc3-c3ccccc32)C=Cc2ccccc21. The zero-order chi connectivity index (χ0) is 21.6. The van der Waals surface area contributed by atoms with Gasteiger partial charge in [-0.05, 0) is 45.7 Å². The van der Waals surface area contributed by atoms with Gasteiger partial charge in [0.25, 0.3) is 0 Å². The molecule has 0 aromatic heterocycles. The molecule has 2 aliphatic rings. The van der Waals surface area contributed by atoms with Crippen LogP contribution in [0.5, 0.6) is 0 Å². The maximum absolute atomic E-state index is 2.68. The van der Waals surface area contributed by atoms with Gasteiger partial charge in [-0.15, -0.1) is 0 Å². The molecule has 158 valence electrons. The Kier molecular flexibility index (Phi) is 5.05. The molecule has 0 saturated carbocycles. The standard InChI is InChI=1S/C30H34Si/c1-5-13-23(6-2)30(21-20-22-14-7-12-19-28(22)30)31(3,4)29-26-17-10-8-15-24(26)25-16-9-11-18-27(25)29/h7-12,14-21,23,29H,5-6,13H2,1-4H3. The Morgan fingerprint density at radius 2 is 1.39 bits per heavy atom. The summed E-state index contributed by atoms with van der Waals surface area (Å²) in [6, 6.07) is 27.6. The molecule has 0 aliphatic heterocycles. The van der Waals surface area contributed by atoms with Gasteiger partial charge in [0.05, 0.1) is 8.07 Å². The maximum Gasteiger partial charge on any atom is 0.0764 e. The van der Waals surface area contributed by atoms with Crippen LogP contribution in [0.25, 0.3) is 17.2 Å². The predicted octanol–water partition coefficient (Wildman–Crippen LogP) is 8.38. The molecule has 3 aromatic carbocycles. The fraction of sp³-hybridized carbons (Fsp3) is 0.333. The molecular weight excluding hydrogens is 388 g/mol. The van der Waals surface area contributed by atoms with Crippen molar-refractivity contribution in [2.24, 2.45) is 5.92 Å². The molecule has 2 aliphatic carbocycles. The van der Waals surface area contributed by atoms with Gasteiger partial charge in [0, 0.05) is 10.6 Å². The molecule has 0 saturated heterocycles. The first-order valence-corrected chi connectivity index (χ1v) is 15.1. The normalized spacial score (nSPS) is 20.4. The fourth-order valence-electron chi connectivity index (χ4n) is 7.05. The van der Waals surface area contributed by atoms with E-state index in [0.29, 0.717) is 11.5 Å². The largest absolute Gasteiger partial charge is 0.0764 e. The summed E-state index contributed by atoms with van der Waals surface area (Å²) in [5, 5.41) is 0.156. The van der Waals surface area contributed by atoms with Crippen LogP contribution >= 0.6 is 0 Å². The van der Waals surface area contributed by atoms with Crippen LogP contribution in [0.15, 0.2) is 78.9 Å². The van der Waals surface area contributed by atoms with Gasteiger partial charge in [0.2, 0.25) is 0 Å². The van der Waals surface area contributed by atoms with Gasteiger partial charge in [-0.2, -0.15) is 0 Å². The molecule has 0 bridgehead atoms. The van der Waals surface area contributed by atoms with Crippen molar-refractivity contribution in [1.82, 2.24) is 0 Å². The van der Waals surface area contributed by atoms with Crippen LogP contribution in [0, 0.1) is 5.92 Å². The molecule has 31 heavy (non-hydrogen) atoms. The summed E-state index contributed by atoms with van der Waals surface area (Å²) in [5.41, 5.74) is 9.58. The zero-order valence-electron chi connectivity index (χ0n) is 19.4. The van der Waals surface area contributed by atoms with E-state index >= 15 is 0 Å². The Labute approximate surface area is 189 Å². The van der Waals surface area contributed by atoms with E-state index < -0.39 is 8.07 Å². The Hall–Kier alpha value is -2.38. The Balaban J connectivity index is 1.78. The molecule has 0 N–H and O–H groups in total. The van der Waals surface area contributed by atoms with Crippen molar-refractivity contribution >= 4 is 14.1 Å². The monoisotopic (exact) mass is 422 g/mol. The molecule has 0 fully saturated rings. The highest BCUT2D eigenvalue weighted by molar-refractivity contribution is 6.83. The number of hydrogen-bond acceptors (Lipinski definition) is 0. The summed E-state index contributed by atoms with van der Waals surface area (Å²) in [5.74, 6) is 0.680. The zero-order valence-corrected chi connectivity index (χ0v) is 20.4. The second kappa shape index (κ2) is 7.64. The third-order valence-corrected chi connectivity index (χ3v) is 13.4. The van der Waals surface area contributed by atoms with Crippen molar-refractivity contribution in [2.75, 3.05) is 0 Å². The minimum Gasteiger partial charge on any atom is -0.0758 e. The molecule has 2 atom stereocenters. The second-order valence-corrected chi connectivity index (χ2v) is 14.9. The van der Waals surface area contributed by atoms with E-state index in [9.17, 15) is 0 Å². The maximum atomic E-state index is 2.68. The number of allylic oxidation sites excluding steroid dienone is 1. The average molecular weight is 423 g/mol. The Bertz CT molecular complexity index is 1090. The quantitative estimate of drug-likeness (QED) is 0.350. The second-order valence-electron chi connectivity index (χ2n) is 10.0. The van der Waals surface area contributed by atoms with Crippen molar-refractivity contribution in [1.29, 1.82) is 0 Å². The van der Waals surface area contributed by atoms with Crippen molar-refractivity contribution < 1.29 is 0 Å². The highest BCUT2D eigenvalue weighted by Gasteiger charge is 2.58. The third kappa shape index (κ3) is 2.79. The van der Waals surface area contributed by atoms with E-state index in [0.717, 1.165) is 0 Å². The predicted molar refractivity (Wildman–Crippen MR) is 137 cm³/mol. The van der Waals surface area contributed by atoms with Gasteiger partial charge < -0.3 is 0 Å². The minimum absolute atomic E-state index is 0.156. The van der Waals surface area contributed by atoms with Gasteiger partial charge >= 0.3 is 0 Å². The summed E-state index contributed by atoms with van der Waals surface area (Å²) >= 11 is 0. The number of benzene rings is 3. The lowest BCUT2D eigenvalue weighted by Gasteiger charge is -2.51. The lowest BCUT2D eigenvalue weighted by molar-refractivity contribution is 0.374. The number of hydrogen-bond donors (Lipinski definition) is 0. The van der Waals surface area contributed by atoms with Gasteiger partial charge in [0.1, 0.15) is 0 Å². The van der Waals surface area contributed by atoms with E-state index in [1.165, 1.54) is 36.0 Å². The molecule has 2 unspecified atom stereocenters. The van der Waals surface area contributed by atoms with E-state index in [2.05, 4.69) is 112 Å². The fourth-order valence-corrected chi connectivity index (χ4v) is 12.4. The first-order valence-electron chi connectivity index (χ1n) is 12.0. The lowest BCUT2D eigenvalue weighted by atomic mass is 9.81. The van der Waals surface area contributed by atoms with Crippen LogP contribution in [-0.2, 0) is 5.04 Å². The molecule has 0 amide bonds. The first kappa shape index (κ1) is 20.5. The summed E-state index contributed by atoms with van der Waals surface area (Å²) < 4.78 is 0. The van der Waals surface area contributed by atoms with Crippen molar-refractivity contribution in [2.45, 2.75) is 56.8 Å². The molecule has 0 radical (unpaired) electrons. The molecule has 5 rings (SSSR count). The summed E-state index contributed by atoms with van der Waals surface area (Å²) in [6.07, 6.45) is 8.87. The lowest BCUT2D eigenvalue weighted by Crippen LogP contribution is -2.58. The van der Waals surface area contributed by atoms with E-state index in [4.69, 9.17) is 0 Å². The Morgan fingerprint density at radius 1 is 0.806 bits per heavy atom. The Morgan fingerprint density at radius 3 is 2.00 bits per heavy atom. The summed E-state index contributed by atoms with van der Waals surface area (Å²) in [7, 11) is -1.95. The van der Waals surface area contributed by atoms with Gasteiger partial charge in [-0.1, -0.05) is 125 Å². The van der Waals surface area contributed by atoms with Crippen molar-refractivity contribution in [3.8, 4) is 11.1 Å². The highest BCUT2D eigenvalue weighted by Crippen LogP contribution is 2.59. The van der Waals surface area contributed by atoms with Gasteiger partial charge in [-0.3, -0.25) is 0 Å². The molecule has 0 heterocycles. The highest BCUT2D eigenvalue weighted by atomic mass is 28.3. The van der Waals surface area contributed by atoms with Crippen LogP contribution < -0.4 is 0 Å². The van der Waals surface area contributed by atoms with Crippen LogP contribution in [0.1, 0.15) is 60.9 Å². The van der Waals surface area contributed by atoms with Crippen LogP contribution in [-0.4, -0.2) is 8.07 Å². The third-order valence-electron chi connectivity index (χ3n) is 8.33. The van der Waals surface area contributed by atoms with Crippen LogP contribution in [0.2, 0.25) is 13.1 Å². The van der Waals surface area contributed by atoms with E-state index in [1.807, 2.05) is 0 Å². The summed E-state index contributed by atoms with van der Waals surface area (Å²) in [6.45, 7) is 10.1. The van der Waals surface area contributed by atoms with Crippen LogP contribution in [0.4, 0.5) is 0 Å². The topological polar surface area (TPSA) is 0 Å². The van der Waals surface area contributed by atoms with E-state index in [1.54, 1.807) is 16.7 Å². The number of rotatable bonds is 6. The average Bonchev–Trinajstić information content (AvgIpc) is 3.35. The van der Waals surface area contributed by atoms with Crippen molar-refractivity contribution in [3.05, 3.63) is 101 Å². The van der Waals surface area contributed by atoms with Gasteiger partial charge in [-0.25, -0.2) is 0 Å². The summed E-state index contributed by atoms with van der Waals surface area (Å²) in [4.78, 5) is 0. The van der Waals surface area contributed by atoms with Crippen molar-refractivity contribution in [3.63, 3.8) is 0 Å². The van der Waals surface area contributed by atoms with Crippen LogP contribution in [0.3, 0.4) is 0 Å².